The van der Waals surface area contributed by atoms with Crippen LogP contribution in [-0.4, -0.2) is 51.9 Å². The third-order valence-electron chi connectivity index (χ3n) is 7.34. The first-order chi connectivity index (χ1) is 19.3. The molecule has 4 aromatic carbocycles. The SMILES string of the molecule is c1ccc(CCP(CC[Se]CCP(CCc2ccccc2)CCc2ccccc2)CCc2ccccc2)cc1. The van der Waals surface area contributed by atoms with Crippen LogP contribution in [-0.2, 0) is 25.7 Å². The Morgan fingerprint density at radius 1 is 0.333 bits per heavy atom. The Kier molecular flexibility index (Phi) is 14.4. The van der Waals surface area contributed by atoms with Crippen LogP contribution in [0.4, 0.5) is 0 Å². The van der Waals surface area contributed by atoms with Gasteiger partial charge in [0.25, 0.3) is 0 Å². The van der Waals surface area contributed by atoms with Crippen LogP contribution < -0.4 is 0 Å². The van der Waals surface area contributed by atoms with E-state index in [1.54, 1.807) is 0 Å². The number of benzene rings is 4. The zero-order chi connectivity index (χ0) is 26.8. The molecule has 0 radical (unpaired) electrons. The van der Waals surface area contributed by atoms with Gasteiger partial charge in [-0.15, -0.1) is 0 Å². The van der Waals surface area contributed by atoms with Gasteiger partial charge in [0.2, 0.25) is 0 Å². The van der Waals surface area contributed by atoms with Crippen molar-refractivity contribution in [2.45, 2.75) is 36.3 Å². The van der Waals surface area contributed by atoms with Gasteiger partial charge in [0.05, 0.1) is 0 Å². The molecule has 0 N–H and O–H groups in total. The third-order valence-corrected chi connectivity index (χ3v) is 15.9. The van der Waals surface area contributed by atoms with Gasteiger partial charge in [-0.1, -0.05) is 0 Å². The summed E-state index contributed by atoms with van der Waals surface area (Å²) in [6, 6.07) is 44.6. The fourth-order valence-electron chi connectivity index (χ4n) is 4.89. The molecule has 0 spiro atoms. The second-order valence-electron chi connectivity index (χ2n) is 10.2. The van der Waals surface area contributed by atoms with Crippen molar-refractivity contribution in [1.29, 1.82) is 0 Å². The molecule has 0 aliphatic rings. The summed E-state index contributed by atoms with van der Waals surface area (Å²) >= 11 is 0.792. The molecule has 0 fully saturated rings. The van der Waals surface area contributed by atoms with E-state index in [9.17, 15) is 0 Å². The summed E-state index contributed by atoms with van der Waals surface area (Å²) in [5.41, 5.74) is 6.05. The van der Waals surface area contributed by atoms with E-state index in [-0.39, 0.29) is 15.8 Å². The Hall–Kier alpha value is -1.74. The van der Waals surface area contributed by atoms with Gasteiger partial charge >= 0.3 is 248 Å². The van der Waals surface area contributed by atoms with Crippen LogP contribution in [0.15, 0.2) is 121 Å². The van der Waals surface area contributed by atoms with Crippen LogP contribution in [0.3, 0.4) is 0 Å². The molecule has 204 valence electrons. The van der Waals surface area contributed by atoms with Crippen LogP contribution in [0, 0.1) is 0 Å². The number of hydrogen-bond donors (Lipinski definition) is 0. The van der Waals surface area contributed by atoms with Crippen molar-refractivity contribution in [3.8, 4) is 0 Å². The molecule has 0 saturated heterocycles. The first kappa shape index (κ1) is 30.2. The van der Waals surface area contributed by atoms with Gasteiger partial charge in [0, 0.05) is 0 Å². The molecule has 0 heterocycles. The van der Waals surface area contributed by atoms with Gasteiger partial charge in [-0.25, -0.2) is 0 Å². The average Bonchev–Trinajstić information content (AvgIpc) is 3.01. The molecule has 3 heteroatoms. The minimum absolute atomic E-state index is 0.107. The second kappa shape index (κ2) is 18.6. The molecular weight excluding hydrogens is 573 g/mol. The Morgan fingerprint density at radius 3 is 0.846 bits per heavy atom. The summed E-state index contributed by atoms with van der Waals surface area (Å²) in [5, 5.41) is 2.95. The Labute approximate surface area is 246 Å². The van der Waals surface area contributed by atoms with Gasteiger partial charge in [0.1, 0.15) is 0 Å². The van der Waals surface area contributed by atoms with Crippen LogP contribution in [0.5, 0.6) is 0 Å². The minimum atomic E-state index is 0.107. The Bertz CT molecular complexity index is 956. The van der Waals surface area contributed by atoms with Crippen LogP contribution in [0.2, 0.25) is 10.6 Å². The predicted octanol–water partition coefficient (Wildman–Crippen LogP) is 9.46. The number of hydrogen-bond acceptors (Lipinski definition) is 0. The monoisotopic (exact) mass is 618 g/mol. The van der Waals surface area contributed by atoms with E-state index in [2.05, 4.69) is 121 Å². The first-order valence-corrected chi connectivity index (χ1v) is 20.7. The fraction of sp³-hybridized carbons (Fsp3) is 0.333. The van der Waals surface area contributed by atoms with Crippen molar-refractivity contribution in [3.05, 3.63) is 144 Å². The number of rotatable bonds is 18. The van der Waals surface area contributed by atoms with Crippen molar-refractivity contribution in [2.24, 2.45) is 0 Å². The molecule has 0 atom stereocenters. The summed E-state index contributed by atoms with van der Waals surface area (Å²) in [5.74, 6) is 0. The van der Waals surface area contributed by atoms with E-state index >= 15 is 0 Å². The zero-order valence-electron chi connectivity index (χ0n) is 23.3. The van der Waals surface area contributed by atoms with Crippen molar-refractivity contribution >= 4 is 30.8 Å². The van der Waals surface area contributed by atoms with Gasteiger partial charge in [-0.05, 0) is 0 Å². The molecule has 0 nitrogen and oxygen atoms in total. The fourth-order valence-corrected chi connectivity index (χ4v) is 14.6. The molecule has 0 aliphatic heterocycles. The molecule has 0 saturated carbocycles. The second-order valence-corrected chi connectivity index (χ2v) is 18.2. The maximum absolute atomic E-state index is 2.31. The molecule has 0 aromatic heterocycles. The van der Waals surface area contributed by atoms with E-state index in [1.807, 2.05) is 0 Å². The molecule has 0 aliphatic carbocycles. The van der Waals surface area contributed by atoms with E-state index in [0.29, 0.717) is 0 Å². The standard InChI is InChI=1S/C36H44P2Se/c1-5-13-33(14-6-1)21-25-37(26-22-34-15-7-2-8-16-34)29-31-39-32-30-38(27-23-35-17-9-3-10-18-35)28-24-36-19-11-4-12-20-36/h1-20H,21-32H2. The van der Waals surface area contributed by atoms with Crippen molar-refractivity contribution in [3.63, 3.8) is 0 Å². The van der Waals surface area contributed by atoms with Crippen molar-refractivity contribution in [1.82, 2.24) is 0 Å². The first-order valence-electron chi connectivity index (χ1n) is 14.5. The van der Waals surface area contributed by atoms with Gasteiger partial charge in [-0.2, -0.15) is 0 Å². The van der Waals surface area contributed by atoms with E-state index in [0.717, 1.165) is 15.0 Å². The third kappa shape index (κ3) is 12.5. The molecule has 39 heavy (non-hydrogen) atoms. The van der Waals surface area contributed by atoms with Gasteiger partial charge in [-0.3, -0.25) is 0 Å². The van der Waals surface area contributed by atoms with Crippen LogP contribution in [0.1, 0.15) is 22.3 Å². The molecule has 4 aromatic rings. The Morgan fingerprint density at radius 2 is 0.590 bits per heavy atom. The zero-order valence-corrected chi connectivity index (χ0v) is 26.8. The van der Waals surface area contributed by atoms with Crippen LogP contribution >= 0.6 is 15.8 Å². The number of aryl methyl sites for hydroxylation is 4. The van der Waals surface area contributed by atoms with Crippen LogP contribution in [0.25, 0.3) is 0 Å². The van der Waals surface area contributed by atoms with Crippen molar-refractivity contribution < 1.29 is 0 Å². The normalized spacial score (nSPS) is 11.3. The Balaban J connectivity index is 1.23. The van der Waals surface area contributed by atoms with E-state index in [4.69, 9.17) is 0 Å². The van der Waals surface area contributed by atoms with Crippen molar-refractivity contribution in [2.75, 3.05) is 37.0 Å². The molecule has 0 amide bonds. The van der Waals surface area contributed by atoms with Gasteiger partial charge < -0.3 is 0 Å². The quantitative estimate of drug-likeness (QED) is 0.0593. The summed E-state index contributed by atoms with van der Waals surface area (Å²) < 4.78 is 0. The summed E-state index contributed by atoms with van der Waals surface area (Å²) in [6.07, 6.45) is 13.5. The molecular formula is C36H44P2Se. The predicted molar refractivity (Wildman–Crippen MR) is 179 cm³/mol. The maximum atomic E-state index is 2.31. The van der Waals surface area contributed by atoms with E-state index in [1.165, 1.54) is 95.5 Å². The summed E-state index contributed by atoms with van der Waals surface area (Å²) in [6.45, 7) is 0. The summed E-state index contributed by atoms with van der Waals surface area (Å²) in [4.78, 5) is 0. The summed E-state index contributed by atoms with van der Waals surface area (Å²) in [7, 11) is 0.214. The molecule has 0 unspecified atom stereocenters. The average molecular weight is 618 g/mol. The molecule has 0 bridgehead atoms. The molecule has 4 rings (SSSR count). The topological polar surface area (TPSA) is 0 Å². The van der Waals surface area contributed by atoms with E-state index < -0.39 is 0 Å². The van der Waals surface area contributed by atoms with Gasteiger partial charge in [0.15, 0.2) is 0 Å².